The minimum Gasteiger partial charge on any atom is -0.467 e. The normalized spacial score (nSPS) is 10.7. The fraction of sp³-hybridized carbons (Fsp3) is 0.333. The number of nitrogens with one attached hydrogen (secondary N) is 1. The van der Waals surface area contributed by atoms with Gasteiger partial charge in [0, 0.05) is 32.5 Å². The number of amides is 3. The molecule has 0 saturated carbocycles. The van der Waals surface area contributed by atoms with Gasteiger partial charge in [-0.15, -0.1) is 0 Å². The zero-order valence-electron chi connectivity index (χ0n) is 20.1. The molecule has 0 bridgehead atoms. The van der Waals surface area contributed by atoms with Crippen LogP contribution in [0, 0.1) is 13.8 Å². The van der Waals surface area contributed by atoms with Crippen molar-refractivity contribution in [3.63, 3.8) is 0 Å². The largest absolute Gasteiger partial charge is 0.467 e. The van der Waals surface area contributed by atoms with E-state index in [1.165, 1.54) is 0 Å². The zero-order valence-corrected chi connectivity index (χ0v) is 20.1. The van der Waals surface area contributed by atoms with Crippen LogP contribution in [0.3, 0.4) is 0 Å². The molecule has 3 amide bonds. The van der Waals surface area contributed by atoms with E-state index >= 15 is 0 Å². The third kappa shape index (κ3) is 7.49. The highest BCUT2D eigenvalue weighted by atomic mass is 16.5. The van der Waals surface area contributed by atoms with E-state index in [1.54, 1.807) is 29.2 Å². The summed E-state index contributed by atoms with van der Waals surface area (Å²) in [6, 6.07) is 19.0. The molecule has 3 rings (SSSR count). The number of methoxy groups -OCH3 is 1. The van der Waals surface area contributed by atoms with Crippen molar-refractivity contribution in [2.45, 2.75) is 33.4 Å². The van der Waals surface area contributed by atoms with Gasteiger partial charge in [-0.3, -0.25) is 4.79 Å². The molecular weight excluding hydrogens is 430 g/mol. The van der Waals surface area contributed by atoms with Crippen LogP contribution in [-0.4, -0.2) is 48.5 Å². The predicted molar refractivity (Wildman–Crippen MR) is 132 cm³/mol. The van der Waals surface area contributed by atoms with E-state index in [0.29, 0.717) is 38.4 Å². The van der Waals surface area contributed by atoms with E-state index < -0.39 is 0 Å². The first-order valence-corrected chi connectivity index (χ1v) is 11.4. The summed E-state index contributed by atoms with van der Waals surface area (Å²) in [6.07, 6.45) is 2.22. The van der Waals surface area contributed by atoms with Gasteiger partial charge in [0.2, 0.25) is 5.91 Å². The molecule has 2 aromatic carbocycles. The van der Waals surface area contributed by atoms with Crippen LogP contribution in [0.5, 0.6) is 0 Å². The number of carbonyl (C=O) groups excluding carboxylic acids is 2. The highest BCUT2D eigenvalue weighted by molar-refractivity contribution is 5.93. The topological polar surface area (TPSA) is 75.0 Å². The molecule has 7 heteroatoms. The number of rotatable bonds is 11. The summed E-state index contributed by atoms with van der Waals surface area (Å²) in [7, 11) is 1.62. The fourth-order valence-corrected chi connectivity index (χ4v) is 3.69. The molecule has 1 heterocycles. The minimum atomic E-state index is -0.311. The Kier molecular flexibility index (Phi) is 9.29. The van der Waals surface area contributed by atoms with E-state index in [4.69, 9.17) is 9.15 Å². The van der Waals surface area contributed by atoms with Crippen molar-refractivity contribution >= 4 is 17.6 Å². The predicted octanol–water partition coefficient (Wildman–Crippen LogP) is 5.00. The Bertz CT molecular complexity index is 1050. The number of anilines is 1. The second-order valence-corrected chi connectivity index (χ2v) is 8.33. The smallest absolute Gasteiger partial charge is 0.322 e. The van der Waals surface area contributed by atoms with Crippen LogP contribution < -0.4 is 5.32 Å². The van der Waals surface area contributed by atoms with Crippen molar-refractivity contribution in [1.29, 1.82) is 0 Å². The number of ether oxygens (including phenoxy) is 1. The van der Waals surface area contributed by atoms with Gasteiger partial charge in [-0.25, -0.2) is 4.79 Å². The van der Waals surface area contributed by atoms with Crippen LogP contribution in [0.4, 0.5) is 10.5 Å². The molecule has 0 aliphatic rings. The Balaban J connectivity index is 1.75. The zero-order chi connectivity index (χ0) is 24.3. The number of benzene rings is 2. The summed E-state index contributed by atoms with van der Waals surface area (Å²) in [4.78, 5) is 29.8. The second kappa shape index (κ2) is 12.6. The van der Waals surface area contributed by atoms with Gasteiger partial charge in [0.1, 0.15) is 12.3 Å². The molecule has 180 valence electrons. The lowest BCUT2D eigenvalue weighted by Gasteiger charge is -2.28. The summed E-state index contributed by atoms with van der Waals surface area (Å²) in [5.41, 5.74) is 3.83. The monoisotopic (exact) mass is 463 g/mol. The van der Waals surface area contributed by atoms with Crippen molar-refractivity contribution < 1.29 is 18.7 Å². The lowest BCUT2D eigenvalue weighted by atomic mass is 10.1. The third-order valence-corrected chi connectivity index (χ3v) is 5.51. The molecule has 34 heavy (non-hydrogen) atoms. The van der Waals surface area contributed by atoms with Crippen molar-refractivity contribution in [2.24, 2.45) is 0 Å². The first-order chi connectivity index (χ1) is 16.5. The molecule has 1 aromatic heterocycles. The first-order valence-electron chi connectivity index (χ1n) is 11.4. The molecule has 0 saturated heterocycles. The van der Waals surface area contributed by atoms with E-state index in [-0.39, 0.29) is 18.5 Å². The maximum atomic E-state index is 13.4. The van der Waals surface area contributed by atoms with Crippen LogP contribution in [0.15, 0.2) is 71.3 Å². The molecule has 0 aliphatic heterocycles. The average molecular weight is 464 g/mol. The van der Waals surface area contributed by atoms with E-state index in [9.17, 15) is 9.59 Å². The van der Waals surface area contributed by atoms with Gasteiger partial charge < -0.3 is 24.3 Å². The minimum absolute atomic E-state index is 0.0476. The number of hydrogen-bond donors (Lipinski definition) is 1. The summed E-state index contributed by atoms with van der Waals surface area (Å²) < 4.78 is 10.6. The van der Waals surface area contributed by atoms with Gasteiger partial charge in [-0.05, 0) is 49.6 Å². The summed E-state index contributed by atoms with van der Waals surface area (Å²) in [5, 5.41) is 2.96. The number of furan rings is 1. The number of carbonyl (C=O) groups is 2. The van der Waals surface area contributed by atoms with Crippen LogP contribution in [0.2, 0.25) is 0 Å². The Morgan fingerprint density at radius 3 is 2.44 bits per heavy atom. The molecule has 1 N–H and O–H groups in total. The Hall–Kier alpha value is -3.58. The molecule has 0 atom stereocenters. The van der Waals surface area contributed by atoms with Gasteiger partial charge in [-0.1, -0.05) is 48.0 Å². The van der Waals surface area contributed by atoms with Crippen LogP contribution in [0.1, 0.15) is 28.9 Å². The van der Waals surface area contributed by atoms with Crippen molar-refractivity contribution in [3.05, 3.63) is 89.4 Å². The van der Waals surface area contributed by atoms with Gasteiger partial charge >= 0.3 is 6.03 Å². The van der Waals surface area contributed by atoms with Gasteiger partial charge in [0.15, 0.2) is 0 Å². The highest BCUT2D eigenvalue weighted by Crippen LogP contribution is 2.17. The van der Waals surface area contributed by atoms with Gasteiger partial charge in [0.25, 0.3) is 0 Å². The average Bonchev–Trinajstić information content (AvgIpc) is 3.33. The van der Waals surface area contributed by atoms with Crippen molar-refractivity contribution in [3.8, 4) is 0 Å². The third-order valence-electron chi connectivity index (χ3n) is 5.51. The van der Waals surface area contributed by atoms with Crippen LogP contribution in [0.25, 0.3) is 0 Å². The molecular formula is C27H33N3O4. The van der Waals surface area contributed by atoms with Crippen molar-refractivity contribution in [2.75, 3.05) is 32.1 Å². The number of aryl methyl sites for hydroxylation is 2. The van der Waals surface area contributed by atoms with Crippen LogP contribution in [-0.2, 0) is 22.6 Å². The van der Waals surface area contributed by atoms with E-state index in [2.05, 4.69) is 5.32 Å². The lowest BCUT2D eigenvalue weighted by molar-refractivity contribution is -0.133. The van der Waals surface area contributed by atoms with Crippen LogP contribution >= 0.6 is 0 Å². The van der Waals surface area contributed by atoms with E-state index in [1.807, 2.05) is 68.4 Å². The molecule has 0 spiro atoms. The van der Waals surface area contributed by atoms with Crippen molar-refractivity contribution in [1.82, 2.24) is 9.80 Å². The molecule has 0 unspecified atom stereocenters. The highest BCUT2D eigenvalue weighted by Gasteiger charge is 2.23. The van der Waals surface area contributed by atoms with Gasteiger partial charge in [0.05, 0.1) is 12.8 Å². The van der Waals surface area contributed by atoms with Gasteiger partial charge in [-0.2, -0.15) is 0 Å². The fourth-order valence-electron chi connectivity index (χ4n) is 3.69. The summed E-state index contributed by atoms with van der Waals surface area (Å²) in [6.45, 7) is 5.56. The maximum absolute atomic E-state index is 13.4. The first kappa shape index (κ1) is 25.1. The molecule has 0 radical (unpaired) electrons. The quantitative estimate of drug-likeness (QED) is 0.406. The molecule has 0 aliphatic carbocycles. The second-order valence-electron chi connectivity index (χ2n) is 8.33. The lowest BCUT2D eigenvalue weighted by Crippen LogP contribution is -2.44. The summed E-state index contributed by atoms with van der Waals surface area (Å²) in [5.74, 6) is 0.531. The maximum Gasteiger partial charge on any atom is 0.322 e. The standard InChI is InChI=1S/C27H33N3O4/c1-21-12-13-25(22(2)17-21)28-27(32)29(14-8-15-33-3)20-26(31)30(19-24-11-7-16-34-24)18-23-9-5-4-6-10-23/h4-7,9-13,16-17H,8,14-15,18-20H2,1-3H3,(H,28,32). The summed E-state index contributed by atoms with van der Waals surface area (Å²) >= 11 is 0. The molecule has 3 aromatic rings. The SMILES string of the molecule is COCCCN(CC(=O)N(Cc1ccccc1)Cc1ccco1)C(=O)Nc1ccc(C)cc1C. The number of urea groups is 1. The van der Waals surface area contributed by atoms with E-state index in [0.717, 1.165) is 22.4 Å². The Morgan fingerprint density at radius 2 is 1.76 bits per heavy atom. The number of hydrogen-bond acceptors (Lipinski definition) is 4. The Labute approximate surface area is 201 Å². The molecule has 7 nitrogen and oxygen atoms in total. The molecule has 0 fully saturated rings. The Morgan fingerprint density at radius 1 is 0.971 bits per heavy atom. The number of nitrogens with zero attached hydrogens (tertiary/aromatic N) is 2.